The zero-order valence-electron chi connectivity index (χ0n) is 13.4. The molecular formula is C17H28ClNO. The zero-order chi connectivity index (χ0) is 15.1. The highest BCUT2D eigenvalue weighted by atomic mass is 35.5. The van der Waals surface area contributed by atoms with Crippen LogP contribution in [0, 0.1) is 5.92 Å². The van der Waals surface area contributed by atoms with E-state index in [9.17, 15) is 0 Å². The first-order valence-electron chi connectivity index (χ1n) is 7.56. The number of hydrogen-bond donors (Lipinski definition) is 0. The highest BCUT2D eigenvalue weighted by molar-refractivity contribution is 6.32. The number of ether oxygens (including phenoxy) is 1. The molecule has 1 aromatic rings. The normalized spacial score (nSPS) is 14.3. The lowest BCUT2D eigenvalue weighted by atomic mass is 9.85. The van der Waals surface area contributed by atoms with Crippen LogP contribution in [0.1, 0.15) is 45.1 Å². The van der Waals surface area contributed by atoms with Crippen LogP contribution in [-0.4, -0.2) is 32.1 Å². The molecule has 0 aromatic heterocycles. The third-order valence-corrected chi connectivity index (χ3v) is 4.03. The fourth-order valence-electron chi connectivity index (χ4n) is 2.37. The molecule has 0 N–H and O–H groups in total. The van der Waals surface area contributed by atoms with E-state index in [-0.39, 0.29) is 0 Å². The van der Waals surface area contributed by atoms with Gasteiger partial charge in [-0.25, -0.2) is 0 Å². The van der Waals surface area contributed by atoms with Gasteiger partial charge in [0.15, 0.2) is 0 Å². The van der Waals surface area contributed by atoms with Crippen LogP contribution in [0.15, 0.2) is 18.2 Å². The van der Waals surface area contributed by atoms with Crippen molar-refractivity contribution in [2.45, 2.75) is 39.5 Å². The van der Waals surface area contributed by atoms with E-state index in [1.807, 2.05) is 6.07 Å². The van der Waals surface area contributed by atoms with Crippen molar-refractivity contribution in [2.75, 3.05) is 27.2 Å². The molecular weight excluding hydrogens is 270 g/mol. The molecule has 2 unspecified atom stereocenters. The first-order chi connectivity index (χ1) is 9.49. The summed E-state index contributed by atoms with van der Waals surface area (Å²) < 4.78 is 5.65. The summed E-state index contributed by atoms with van der Waals surface area (Å²) >= 11 is 6.36. The lowest BCUT2D eigenvalue weighted by Crippen LogP contribution is -2.24. The zero-order valence-corrected chi connectivity index (χ0v) is 14.2. The Morgan fingerprint density at radius 2 is 1.95 bits per heavy atom. The molecule has 0 spiro atoms. The second-order valence-electron chi connectivity index (χ2n) is 5.79. The maximum Gasteiger partial charge on any atom is 0.137 e. The Morgan fingerprint density at radius 1 is 1.25 bits per heavy atom. The fraction of sp³-hybridized carbons (Fsp3) is 0.647. The summed E-state index contributed by atoms with van der Waals surface area (Å²) in [4.78, 5) is 2.24. The number of hydrogen-bond acceptors (Lipinski definition) is 2. The van der Waals surface area contributed by atoms with Crippen molar-refractivity contribution in [3.05, 3.63) is 28.8 Å². The summed E-state index contributed by atoms with van der Waals surface area (Å²) in [7, 11) is 4.24. The van der Waals surface area contributed by atoms with Crippen LogP contribution in [0.2, 0.25) is 5.02 Å². The Bertz CT molecular complexity index is 406. The van der Waals surface area contributed by atoms with E-state index in [0.29, 0.717) is 18.4 Å². The third-order valence-electron chi connectivity index (χ3n) is 3.74. The Labute approximate surface area is 129 Å². The molecule has 0 fully saturated rings. The lowest BCUT2D eigenvalue weighted by molar-refractivity contribution is 0.311. The molecule has 1 rings (SSSR count). The van der Waals surface area contributed by atoms with Gasteiger partial charge in [-0.3, -0.25) is 0 Å². The lowest BCUT2D eigenvalue weighted by Gasteiger charge is -2.27. The summed E-state index contributed by atoms with van der Waals surface area (Å²) in [5, 5.41) is 0.725. The van der Waals surface area contributed by atoms with Gasteiger partial charge in [0.1, 0.15) is 5.75 Å². The molecule has 0 radical (unpaired) electrons. The molecule has 1 aromatic carbocycles. The largest absolute Gasteiger partial charge is 0.492 e. The van der Waals surface area contributed by atoms with Gasteiger partial charge < -0.3 is 9.64 Å². The first-order valence-corrected chi connectivity index (χ1v) is 7.94. The van der Waals surface area contributed by atoms with E-state index >= 15 is 0 Å². The molecule has 2 atom stereocenters. The highest BCUT2D eigenvalue weighted by Crippen LogP contribution is 2.33. The maximum atomic E-state index is 6.36. The van der Waals surface area contributed by atoms with Crippen molar-refractivity contribution < 1.29 is 4.74 Å². The fourth-order valence-corrected chi connectivity index (χ4v) is 2.61. The van der Waals surface area contributed by atoms with E-state index in [1.165, 1.54) is 12.0 Å². The van der Waals surface area contributed by atoms with E-state index in [1.54, 1.807) is 0 Å². The van der Waals surface area contributed by atoms with Crippen LogP contribution in [0.5, 0.6) is 5.75 Å². The van der Waals surface area contributed by atoms with Crippen LogP contribution in [0.4, 0.5) is 0 Å². The first kappa shape index (κ1) is 17.3. The Hall–Kier alpha value is -0.730. The topological polar surface area (TPSA) is 12.5 Å². The van der Waals surface area contributed by atoms with E-state index in [2.05, 4.69) is 51.9 Å². The van der Waals surface area contributed by atoms with Crippen molar-refractivity contribution in [2.24, 2.45) is 5.92 Å². The molecule has 0 saturated carbocycles. The molecule has 0 aliphatic rings. The average molecular weight is 298 g/mol. The Kier molecular flexibility index (Phi) is 7.39. The summed E-state index contributed by atoms with van der Waals surface area (Å²) in [5.74, 6) is 1.94. The molecule has 0 saturated heterocycles. The van der Waals surface area contributed by atoms with Crippen LogP contribution in [-0.2, 0) is 0 Å². The van der Waals surface area contributed by atoms with Crippen molar-refractivity contribution in [3.63, 3.8) is 0 Å². The van der Waals surface area contributed by atoms with Crippen molar-refractivity contribution in [1.82, 2.24) is 4.90 Å². The van der Waals surface area contributed by atoms with E-state index in [0.717, 1.165) is 23.7 Å². The standard InChI is InChI=1S/C17H28ClNO/c1-6-10-20-17-9-8-14(11-16(17)18)15(12-19(4)5)13(3)7-2/h8-9,11,13,15H,6-7,10,12H2,1-5H3. The van der Waals surface area contributed by atoms with Gasteiger partial charge in [-0.15, -0.1) is 0 Å². The quantitative estimate of drug-likeness (QED) is 0.682. The predicted octanol–water partition coefficient (Wildman–Crippen LogP) is 4.82. The molecule has 3 heteroatoms. The second kappa shape index (κ2) is 8.53. The Morgan fingerprint density at radius 3 is 2.45 bits per heavy atom. The molecule has 0 bridgehead atoms. The molecule has 0 aliphatic carbocycles. The predicted molar refractivity (Wildman–Crippen MR) is 88.0 cm³/mol. The number of halogens is 1. The number of likely N-dealkylation sites (N-methyl/N-ethyl adjacent to an activating group) is 1. The maximum absolute atomic E-state index is 6.36. The highest BCUT2D eigenvalue weighted by Gasteiger charge is 2.20. The van der Waals surface area contributed by atoms with Gasteiger partial charge in [-0.1, -0.05) is 44.9 Å². The van der Waals surface area contributed by atoms with Crippen LogP contribution in [0.3, 0.4) is 0 Å². The van der Waals surface area contributed by atoms with Gasteiger partial charge >= 0.3 is 0 Å². The van der Waals surface area contributed by atoms with Crippen molar-refractivity contribution in [1.29, 1.82) is 0 Å². The molecule has 20 heavy (non-hydrogen) atoms. The van der Waals surface area contributed by atoms with Crippen LogP contribution >= 0.6 is 11.6 Å². The molecule has 0 amide bonds. The smallest absolute Gasteiger partial charge is 0.137 e. The number of nitrogens with zero attached hydrogens (tertiary/aromatic N) is 1. The van der Waals surface area contributed by atoms with Gasteiger partial charge in [0, 0.05) is 6.54 Å². The summed E-state index contributed by atoms with van der Waals surface area (Å²) in [6.45, 7) is 8.40. The van der Waals surface area contributed by atoms with Gasteiger partial charge in [-0.05, 0) is 50.0 Å². The summed E-state index contributed by atoms with van der Waals surface area (Å²) in [6.07, 6.45) is 2.17. The number of rotatable bonds is 8. The molecule has 114 valence electrons. The average Bonchev–Trinajstić information content (AvgIpc) is 2.42. The minimum atomic E-state index is 0.507. The van der Waals surface area contributed by atoms with E-state index < -0.39 is 0 Å². The molecule has 0 heterocycles. The monoisotopic (exact) mass is 297 g/mol. The minimum Gasteiger partial charge on any atom is -0.492 e. The van der Waals surface area contributed by atoms with Gasteiger partial charge in [0.25, 0.3) is 0 Å². The minimum absolute atomic E-state index is 0.507. The number of benzene rings is 1. The van der Waals surface area contributed by atoms with Gasteiger partial charge in [0.2, 0.25) is 0 Å². The molecule has 0 aliphatic heterocycles. The SMILES string of the molecule is CCCOc1ccc(C(CN(C)C)C(C)CC)cc1Cl. The van der Waals surface area contributed by atoms with Crippen molar-refractivity contribution >= 4 is 11.6 Å². The second-order valence-corrected chi connectivity index (χ2v) is 6.20. The van der Waals surface area contributed by atoms with E-state index in [4.69, 9.17) is 16.3 Å². The third kappa shape index (κ3) is 4.99. The summed E-state index contributed by atoms with van der Waals surface area (Å²) in [5.41, 5.74) is 1.31. The Balaban J connectivity index is 2.93. The van der Waals surface area contributed by atoms with Crippen LogP contribution < -0.4 is 4.74 Å². The van der Waals surface area contributed by atoms with Gasteiger partial charge in [-0.2, -0.15) is 0 Å². The van der Waals surface area contributed by atoms with Crippen molar-refractivity contribution in [3.8, 4) is 5.75 Å². The van der Waals surface area contributed by atoms with Gasteiger partial charge in [0.05, 0.1) is 11.6 Å². The summed E-state index contributed by atoms with van der Waals surface area (Å²) in [6, 6.07) is 6.25. The molecule has 2 nitrogen and oxygen atoms in total. The van der Waals surface area contributed by atoms with Crippen LogP contribution in [0.25, 0.3) is 0 Å².